The summed E-state index contributed by atoms with van der Waals surface area (Å²) in [5.41, 5.74) is 4.04. The summed E-state index contributed by atoms with van der Waals surface area (Å²) in [6, 6.07) is 16.0. The number of hydrogen-bond acceptors (Lipinski definition) is 4. The molecule has 1 amide bonds. The second-order valence-corrected chi connectivity index (χ2v) is 7.70. The van der Waals surface area contributed by atoms with Crippen LogP contribution in [-0.4, -0.2) is 24.0 Å². The van der Waals surface area contributed by atoms with Gasteiger partial charge < -0.3 is 9.64 Å². The van der Waals surface area contributed by atoms with Gasteiger partial charge >= 0.3 is 0 Å². The maximum absolute atomic E-state index is 13.0. The van der Waals surface area contributed by atoms with Crippen LogP contribution in [0.25, 0.3) is 11.3 Å². The topological polar surface area (TPSA) is 42.4 Å². The molecule has 2 heterocycles. The first kappa shape index (κ1) is 16.8. The van der Waals surface area contributed by atoms with Crippen molar-refractivity contribution in [1.82, 2.24) is 4.98 Å². The average molecular weight is 364 g/mol. The number of hydrogen-bond donors (Lipinski definition) is 0. The molecule has 132 valence electrons. The molecule has 0 saturated carbocycles. The number of aryl methyl sites for hydroxylation is 2. The van der Waals surface area contributed by atoms with Crippen molar-refractivity contribution in [3.8, 4) is 17.0 Å². The molecular formula is C21H20N2O2S. The van der Waals surface area contributed by atoms with E-state index in [2.05, 4.69) is 36.2 Å². The fourth-order valence-electron chi connectivity index (χ4n) is 3.19. The molecule has 0 aliphatic carbocycles. The molecule has 0 fully saturated rings. The van der Waals surface area contributed by atoms with Gasteiger partial charge in [-0.1, -0.05) is 42.0 Å². The van der Waals surface area contributed by atoms with Crippen LogP contribution in [0.15, 0.2) is 48.5 Å². The molecule has 1 aliphatic rings. The lowest BCUT2D eigenvalue weighted by molar-refractivity contribution is -0.118. The van der Waals surface area contributed by atoms with Crippen LogP contribution < -0.4 is 9.64 Å². The lowest BCUT2D eigenvalue weighted by Crippen LogP contribution is -2.38. The zero-order valence-electron chi connectivity index (χ0n) is 14.9. The molecule has 5 heteroatoms. The van der Waals surface area contributed by atoms with E-state index in [1.165, 1.54) is 5.56 Å². The van der Waals surface area contributed by atoms with Gasteiger partial charge in [-0.2, -0.15) is 0 Å². The van der Waals surface area contributed by atoms with Crippen molar-refractivity contribution in [2.45, 2.75) is 20.3 Å². The number of para-hydroxylation sites is 2. The number of thiazole rings is 1. The highest BCUT2D eigenvalue weighted by molar-refractivity contribution is 7.12. The number of anilines is 1. The molecule has 1 aromatic heterocycles. The van der Waals surface area contributed by atoms with E-state index < -0.39 is 0 Å². The molecule has 0 atom stereocenters. The molecule has 0 unspecified atom stereocenters. The Morgan fingerprint density at radius 2 is 1.92 bits per heavy atom. The van der Waals surface area contributed by atoms with Gasteiger partial charge in [0.05, 0.1) is 29.4 Å². The van der Waals surface area contributed by atoms with E-state index in [-0.39, 0.29) is 5.91 Å². The Kier molecular flexibility index (Phi) is 4.47. The second kappa shape index (κ2) is 6.92. The molecule has 4 rings (SSSR count). The number of benzene rings is 2. The van der Waals surface area contributed by atoms with E-state index >= 15 is 0 Å². The molecule has 0 radical (unpaired) electrons. The van der Waals surface area contributed by atoms with Crippen molar-refractivity contribution in [2.75, 3.05) is 18.1 Å². The first-order valence-corrected chi connectivity index (χ1v) is 9.49. The molecular weight excluding hydrogens is 344 g/mol. The molecule has 0 N–H and O–H groups in total. The number of nitrogens with zero attached hydrogens (tertiary/aromatic N) is 2. The van der Waals surface area contributed by atoms with Crippen molar-refractivity contribution in [2.24, 2.45) is 0 Å². The van der Waals surface area contributed by atoms with Crippen LogP contribution in [0.3, 0.4) is 0 Å². The Hall–Kier alpha value is -2.66. The molecule has 0 saturated heterocycles. The third-order valence-corrected chi connectivity index (χ3v) is 5.44. The normalized spacial score (nSPS) is 13.2. The summed E-state index contributed by atoms with van der Waals surface area (Å²) in [5.74, 6) is 0.851. The van der Waals surface area contributed by atoms with Crippen LogP contribution in [-0.2, 0) is 11.2 Å². The van der Waals surface area contributed by atoms with Gasteiger partial charge in [-0.25, -0.2) is 4.98 Å². The van der Waals surface area contributed by atoms with Crippen molar-refractivity contribution < 1.29 is 9.53 Å². The van der Waals surface area contributed by atoms with Crippen molar-refractivity contribution in [3.05, 3.63) is 64.0 Å². The summed E-state index contributed by atoms with van der Waals surface area (Å²) in [7, 11) is 0. The minimum atomic E-state index is 0.0813. The predicted molar refractivity (Wildman–Crippen MR) is 105 cm³/mol. The maximum Gasteiger partial charge on any atom is 0.232 e. The Balaban J connectivity index is 1.62. The molecule has 1 aliphatic heterocycles. The fourth-order valence-corrected chi connectivity index (χ4v) is 4.14. The minimum Gasteiger partial charge on any atom is -0.490 e. The lowest BCUT2D eigenvalue weighted by atomic mass is 10.1. The minimum absolute atomic E-state index is 0.0813. The van der Waals surface area contributed by atoms with Crippen molar-refractivity contribution >= 4 is 22.9 Å². The summed E-state index contributed by atoms with van der Waals surface area (Å²) in [6.07, 6.45) is 0.350. The van der Waals surface area contributed by atoms with Crippen LogP contribution in [0.1, 0.15) is 15.4 Å². The van der Waals surface area contributed by atoms with Gasteiger partial charge in [0.2, 0.25) is 5.91 Å². The predicted octanol–water partition coefficient (Wildman–Crippen LogP) is 4.40. The lowest BCUT2D eigenvalue weighted by Gasteiger charge is -2.29. The Morgan fingerprint density at radius 3 is 2.73 bits per heavy atom. The quantitative estimate of drug-likeness (QED) is 0.692. The van der Waals surface area contributed by atoms with Gasteiger partial charge in [0.15, 0.2) is 0 Å². The second-order valence-electron chi connectivity index (χ2n) is 6.41. The first-order chi connectivity index (χ1) is 12.6. The van der Waals surface area contributed by atoms with E-state index in [1.54, 1.807) is 11.3 Å². The monoisotopic (exact) mass is 364 g/mol. The molecule has 3 aromatic rings. The standard InChI is InChI=1S/C21H20N2O2S/c1-14-7-9-16(10-8-14)21-19(26-15(2)22-21)13-20(24)23-11-12-25-18-6-4-3-5-17(18)23/h3-10H,11-13H2,1-2H3. The van der Waals surface area contributed by atoms with Gasteiger partial charge in [-0.3, -0.25) is 4.79 Å². The highest BCUT2D eigenvalue weighted by Gasteiger charge is 2.25. The summed E-state index contributed by atoms with van der Waals surface area (Å²) in [4.78, 5) is 20.5. The van der Waals surface area contributed by atoms with Crippen LogP contribution in [0, 0.1) is 13.8 Å². The summed E-state index contributed by atoms with van der Waals surface area (Å²) in [5, 5.41) is 0.978. The van der Waals surface area contributed by atoms with E-state index in [0.717, 1.165) is 32.6 Å². The third-order valence-electron chi connectivity index (χ3n) is 4.47. The zero-order valence-corrected chi connectivity index (χ0v) is 15.7. The van der Waals surface area contributed by atoms with E-state index in [0.29, 0.717) is 19.6 Å². The van der Waals surface area contributed by atoms with Crippen LogP contribution in [0.2, 0.25) is 0 Å². The third kappa shape index (κ3) is 3.22. The van der Waals surface area contributed by atoms with Gasteiger partial charge in [0.1, 0.15) is 12.4 Å². The van der Waals surface area contributed by atoms with Crippen molar-refractivity contribution in [1.29, 1.82) is 0 Å². The molecule has 26 heavy (non-hydrogen) atoms. The van der Waals surface area contributed by atoms with E-state index in [4.69, 9.17) is 4.74 Å². The van der Waals surface area contributed by atoms with Gasteiger partial charge in [0.25, 0.3) is 0 Å². The Morgan fingerprint density at radius 1 is 1.15 bits per heavy atom. The Bertz CT molecular complexity index is 947. The fraction of sp³-hybridized carbons (Fsp3) is 0.238. The largest absolute Gasteiger partial charge is 0.490 e. The SMILES string of the molecule is Cc1ccc(-c2nc(C)sc2CC(=O)N2CCOc3ccccc32)cc1. The summed E-state index contributed by atoms with van der Waals surface area (Å²) < 4.78 is 5.66. The average Bonchev–Trinajstić information content (AvgIpc) is 3.02. The smallest absolute Gasteiger partial charge is 0.232 e. The number of fused-ring (bicyclic) bond motifs is 1. The number of rotatable bonds is 3. The maximum atomic E-state index is 13.0. The number of carbonyl (C=O) groups is 1. The zero-order chi connectivity index (χ0) is 18.1. The van der Waals surface area contributed by atoms with Crippen molar-refractivity contribution in [3.63, 3.8) is 0 Å². The number of ether oxygens (including phenoxy) is 1. The highest BCUT2D eigenvalue weighted by atomic mass is 32.1. The highest BCUT2D eigenvalue weighted by Crippen LogP contribution is 2.33. The van der Waals surface area contributed by atoms with Gasteiger partial charge in [0, 0.05) is 10.4 Å². The van der Waals surface area contributed by atoms with Crippen LogP contribution in [0.5, 0.6) is 5.75 Å². The van der Waals surface area contributed by atoms with Crippen LogP contribution in [0.4, 0.5) is 5.69 Å². The Labute approximate surface area is 157 Å². The molecule has 0 spiro atoms. The number of aromatic nitrogens is 1. The molecule has 0 bridgehead atoms. The van der Waals surface area contributed by atoms with E-state index in [9.17, 15) is 4.79 Å². The van der Waals surface area contributed by atoms with Gasteiger partial charge in [-0.05, 0) is 26.0 Å². The van der Waals surface area contributed by atoms with E-state index in [1.807, 2.05) is 36.1 Å². The summed E-state index contributed by atoms with van der Waals surface area (Å²) in [6.45, 7) is 5.15. The molecule has 2 aromatic carbocycles. The molecule has 4 nitrogen and oxygen atoms in total. The first-order valence-electron chi connectivity index (χ1n) is 8.67. The number of amides is 1. The van der Waals surface area contributed by atoms with Gasteiger partial charge in [-0.15, -0.1) is 11.3 Å². The van der Waals surface area contributed by atoms with Crippen LogP contribution >= 0.6 is 11.3 Å². The number of carbonyl (C=O) groups excluding carboxylic acids is 1. The summed E-state index contributed by atoms with van der Waals surface area (Å²) >= 11 is 1.60.